The zero-order valence-corrected chi connectivity index (χ0v) is 12.1. The predicted octanol–water partition coefficient (Wildman–Crippen LogP) is 2.41. The maximum absolute atomic E-state index is 12.5. The molecule has 0 aromatic heterocycles. The average molecular weight is 295 g/mol. The SMILES string of the molecule is O=C(c1ccccc1)C1CN(C(=O)c2ccccc2)CCO1. The Morgan fingerprint density at radius 2 is 1.50 bits per heavy atom. The molecule has 4 heteroatoms. The number of ether oxygens (including phenoxy) is 1. The molecule has 112 valence electrons. The number of Topliss-reactive ketones (excluding diaryl/α,β-unsaturated/α-hetero) is 1. The summed E-state index contributed by atoms with van der Waals surface area (Å²) in [5.41, 5.74) is 1.25. The van der Waals surface area contributed by atoms with Gasteiger partial charge >= 0.3 is 0 Å². The summed E-state index contributed by atoms with van der Waals surface area (Å²) in [4.78, 5) is 26.6. The summed E-state index contributed by atoms with van der Waals surface area (Å²) in [6, 6.07) is 18.2. The Balaban J connectivity index is 1.72. The normalized spacial score (nSPS) is 18.0. The number of hydrogen-bond acceptors (Lipinski definition) is 3. The smallest absolute Gasteiger partial charge is 0.254 e. The molecule has 0 N–H and O–H groups in total. The summed E-state index contributed by atoms with van der Waals surface area (Å²) < 4.78 is 5.57. The van der Waals surface area contributed by atoms with Gasteiger partial charge in [0.1, 0.15) is 6.10 Å². The minimum atomic E-state index is -0.594. The minimum Gasteiger partial charge on any atom is -0.366 e. The van der Waals surface area contributed by atoms with E-state index in [0.29, 0.717) is 30.8 Å². The maximum atomic E-state index is 12.5. The Kier molecular flexibility index (Phi) is 4.30. The lowest BCUT2D eigenvalue weighted by Crippen LogP contribution is -2.48. The van der Waals surface area contributed by atoms with Gasteiger partial charge in [0.2, 0.25) is 0 Å². The number of rotatable bonds is 3. The van der Waals surface area contributed by atoms with E-state index < -0.39 is 6.10 Å². The number of carbonyl (C=O) groups is 2. The van der Waals surface area contributed by atoms with Crippen LogP contribution in [0.1, 0.15) is 20.7 Å². The lowest BCUT2D eigenvalue weighted by molar-refractivity contribution is -0.0115. The van der Waals surface area contributed by atoms with Gasteiger partial charge in [0.15, 0.2) is 5.78 Å². The van der Waals surface area contributed by atoms with Gasteiger partial charge in [-0.1, -0.05) is 48.5 Å². The van der Waals surface area contributed by atoms with Crippen LogP contribution in [0.5, 0.6) is 0 Å². The van der Waals surface area contributed by atoms with Gasteiger partial charge in [-0.3, -0.25) is 9.59 Å². The van der Waals surface area contributed by atoms with Crippen LogP contribution in [0.15, 0.2) is 60.7 Å². The molecule has 1 amide bonds. The molecule has 0 aliphatic carbocycles. The number of morpholine rings is 1. The number of carbonyl (C=O) groups excluding carboxylic acids is 2. The topological polar surface area (TPSA) is 46.6 Å². The molecule has 4 nitrogen and oxygen atoms in total. The third-order valence-electron chi connectivity index (χ3n) is 3.73. The van der Waals surface area contributed by atoms with Crippen LogP contribution in [0.4, 0.5) is 0 Å². The number of ketones is 1. The first-order valence-corrected chi connectivity index (χ1v) is 7.31. The minimum absolute atomic E-state index is 0.0604. The zero-order chi connectivity index (χ0) is 15.4. The van der Waals surface area contributed by atoms with Crippen molar-refractivity contribution in [2.75, 3.05) is 19.7 Å². The molecule has 1 saturated heterocycles. The molecular weight excluding hydrogens is 278 g/mol. The summed E-state index contributed by atoms with van der Waals surface area (Å²) in [7, 11) is 0. The summed E-state index contributed by atoms with van der Waals surface area (Å²) in [6.07, 6.45) is -0.594. The number of benzene rings is 2. The van der Waals surface area contributed by atoms with Crippen LogP contribution in [0.3, 0.4) is 0 Å². The highest BCUT2D eigenvalue weighted by Crippen LogP contribution is 2.14. The molecule has 1 fully saturated rings. The van der Waals surface area contributed by atoms with E-state index in [0.717, 1.165) is 0 Å². The fraction of sp³-hybridized carbons (Fsp3) is 0.222. The molecule has 2 aromatic carbocycles. The summed E-state index contributed by atoms with van der Waals surface area (Å²) >= 11 is 0. The predicted molar refractivity (Wildman–Crippen MR) is 82.9 cm³/mol. The molecule has 22 heavy (non-hydrogen) atoms. The quantitative estimate of drug-likeness (QED) is 0.817. The largest absolute Gasteiger partial charge is 0.366 e. The summed E-state index contributed by atoms with van der Waals surface area (Å²) in [5, 5.41) is 0. The van der Waals surface area contributed by atoms with Crippen molar-refractivity contribution in [3.8, 4) is 0 Å². The van der Waals surface area contributed by atoms with Crippen molar-refractivity contribution >= 4 is 11.7 Å². The zero-order valence-electron chi connectivity index (χ0n) is 12.1. The molecule has 2 aromatic rings. The van der Waals surface area contributed by atoms with Gasteiger partial charge in [-0.2, -0.15) is 0 Å². The van der Waals surface area contributed by atoms with Crippen molar-refractivity contribution in [2.45, 2.75) is 6.10 Å². The van der Waals surface area contributed by atoms with Crippen molar-refractivity contribution < 1.29 is 14.3 Å². The molecule has 0 bridgehead atoms. The van der Waals surface area contributed by atoms with E-state index in [9.17, 15) is 9.59 Å². The second kappa shape index (κ2) is 6.54. The van der Waals surface area contributed by atoms with Crippen LogP contribution < -0.4 is 0 Å². The van der Waals surface area contributed by atoms with Gasteiger partial charge < -0.3 is 9.64 Å². The van der Waals surface area contributed by atoms with Crippen molar-refractivity contribution in [1.82, 2.24) is 4.90 Å². The Morgan fingerprint density at radius 1 is 0.909 bits per heavy atom. The van der Waals surface area contributed by atoms with E-state index in [1.807, 2.05) is 36.4 Å². The number of hydrogen-bond donors (Lipinski definition) is 0. The molecule has 1 atom stereocenters. The van der Waals surface area contributed by atoms with E-state index >= 15 is 0 Å². The molecule has 1 heterocycles. The van der Waals surface area contributed by atoms with Gasteiger partial charge in [0.05, 0.1) is 13.2 Å². The fourth-order valence-corrected chi connectivity index (χ4v) is 2.54. The Labute approximate surface area is 129 Å². The van der Waals surface area contributed by atoms with E-state index in [1.54, 1.807) is 29.2 Å². The fourth-order valence-electron chi connectivity index (χ4n) is 2.54. The van der Waals surface area contributed by atoms with Gasteiger partial charge in [0, 0.05) is 17.7 Å². The van der Waals surface area contributed by atoms with Gasteiger partial charge in [-0.05, 0) is 12.1 Å². The first-order valence-electron chi connectivity index (χ1n) is 7.31. The van der Waals surface area contributed by atoms with Crippen molar-refractivity contribution in [1.29, 1.82) is 0 Å². The molecule has 1 unspecified atom stereocenters. The lowest BCUT2D eigenvalue weighted by atomic mass is 10.0. The van der Waals surface area contributed by atoms with E-state index in [1.165, 1.54) is 0 Å². The van der Waals surface area contributed by atoms with Crippen LogP contribution in [0.2, 0.25) is 0 Å². The summed E-state index contributed by atoms with van der Waals surface area (Å²) in [5.74, 6) is -0.138. The lowest BCUT2D eigenvalue weighted by Gasteiger charge is -2.32. The second-order valence-electron chi connectivity index (χ2n) is 5.21. The Morgan fingerprint density at radius 3 is 2.14 bits per heavy atom. The number of amides is 1. The molecule has 1 aliphatic heterocycles. The second-order valence-corrected chi connectivity index (χ2v) is 5.21. The molecule has 0 saturated carbocycles. The van der Waals surface area contributed by atoms with Crippen LogP contribution in [-0.4, -0.2) is 42.4 Å². The number of nitrogens with zero attached hydrogens (tertiary/aromatic N) is 1. The highest BCUT2D eigenvalue weighted by atomic mass is 16.5. The standard InChI is InChI=1S/C18H17NO3/c20-17(14-7-3-1-4-8-14)16-13-19(11-12-22-16)18(21)15-9-5-2-6-10-15/h1-10,16H,11-13H2. The highest BCUT2D eigenvalue weighted by Gasteiger charge is 2.30. The van der Waals surface area contributed by atoms with Crippen molar-refractivity contribution in [3.63, 3.8) is 0 Å². The molecule has 3 rings (SSSR count). The van der Waals surface area contributed by atoms with Crippen LogP contribution in [0, 0.1) is 0 Å². The first kappa shape index (κ1) is 14.5. The van der Waals surface area contributed by atoms with Gasteiger partial charge in [-0.15, -0.1) is 0 Å². The van der Waals surface area contributed by atoms with Gasteiger partial charge in [-0.25, -0.2) is 0 Å². The third kappa shape index (κ3) is 3.07. The first-order chi connectivity index (χ1) is 10.8. The third-order valence-corrected chi connectivity index (χ3v) is 3.73. The summed E-state index contributed by atoms with van der Waals surface area (Å²) in [6.45, 7) is 1.18. The highest BCUT2D eigenvalue weighted by molar-refractivity contribution is 6.00. The van der Waals surface area contributed by atoms with Crippen molar-refractivity contribution in [3.05, 3.63) is 71.8 Å². The van der Waals surface area contributed by atoms with Gasteiger partial charge in [0.25, 0.3) is 5.91 Å². The molecule has 0 spiro atoms. The van der Waals surface area contributed by atoms with Crippen LogP contribution in [0.25, 0.3) is 0 Å². The monoisotopic (exact) mass is 295 g/mol. The molecular formula is C18H17NO3. The van der Waals surface area contributed by atoms with E-state index in [2.05, 4.69) is 0 Å². The van der Waals surface area contributed by atoms with E-state index in [4.69, 9.17) is 4.74 Å². The van der Waals surface area contributed by atoms with Crippen LogP contribution >= 0.6 is 0 Å². The molecule has 0 radical (unpaired) electrons. The Hall–Kier alpha value is -2.46. The Bertz CT molecular complexity index is 597. The van der Waals surface area contributed by atoms with Crippen LogP contribution in [-0.2, 0) is 4.74 Å². The molecule has 1 aliphatic rings. The maximum Gasteiger partial charge on any atom is 0.254 e. The van der Waals surface area contributed by atoms with Crippen molar-refractivity contribution in [2.24, 2.45) is 0 Å². The average Bonchev–Trinajstić information content (AvgIpc) is 2.62. The van der Waals surface area contributed by atoms with E-state index in [-0.39, 0.29) is 11.7 Å².